The van der Waals surface area contributed by atoms with E-state index >= 15 is 0 Å². The van der Waals surface area contributed by atoms with Gasteiger partial charge in [-0.1, -0.05) is 12.1 Å². The van der Waals surface area contributed by atoms with Crippen molar-refractivity contribution in [2.75, 3.05) is 0 Å². The Bertz CT molecular complexity index is 519. The highest BCUT2D eigenvalue weighted by molar-refractivity contribution is 5.89. The molecule has 1 aromatic heterocycles. The minimum absolute atomic E-state index is 0.227. The summed E-state index contributed by atoms with van der Waals surface area (Å²) in [6.07, 6.45) is 1.49. The van der Waals surface area contributed by atoms with Crippen LogP contribution in [0.5, 0.6) is 0 Å². The highest BCUT2D eigenvalue weighted by Crippen LogP contribution is 2.33. The molecule has 0 aliphatic carbocycles. The van der Waals surface area contributed by atoms with E-state index in [0.29, 0.717) is 5.52 Å². The smallest absolute Gasteiger partial charge is 0.379 e. The Kier molecular flexibility index (Phi) is 1.96. The molecule has 5 heteroatoms. The van der Waals surface area contributed by atoms with Crippen LogP contribution in [-0.4, -0.2) is 16.1 Å². The number of H-pyrrole nitrogens is 1. The normalized spacial score (nSPS) is 11.9. The van der Waals surface area contributed by atoms with Gasteiger partial charge in [0.1, 0.15) is 0 Å². The minimum Gasteiger partial charge on any atom is -0.477 e. The van der Waals surface area contributed by atoms with Crippen LogP contribution in [0.2, 0.25) is 0 Å². The van der Waals surface area contributed by atoms with Gasteiger partial charge < -0.3 is 10.1 Å². The van der Waals surface area contributed by atoms with Crippen molar-refractivity contribution in [3.63, 3.8) is 0 Å². The van der Waals surface area contributed by atoms with Crippen LogP contribution in [0, 0.1) is 0 Å². The van der Waals surface area contributed by atoms with Gasteiger partial charge in [0.05, 0.1) is 0 Å². The van der Waals surface area contributed by atoms with Crippen molar-refractivity contribution in [2.24, 2.45) is 0 Å². The molecule has 0 unspecified atom stereocenters. The van der Waals surface area contributed by atoms with Crippen molar-refractivity contribution in [3.8, 4) is 0 Å². The summed E-state index contributed by atoms with van der Waals surface area (Å²) in [6, 6.07) is 5.55. The number of aromatic amines is 1. The Morgan fingerprint density at radius 1 is 1.33 bits per heavy atom. The molecule has 0 saturated carbocycles. The number of carboxylic acid groups (broad SMARTS) is 1. The molecule has 15 heavy (non-hydrogen) atoms. The number of carbonyl (C=O) groups is 1. The standard InChI is InChI=1S/C10H7F2NO2/c11-10(12,9(14)15)7-2-1-3-8-6(7)4-5-13-8/h1-5,13H,(H,14,15). The summed E-state index contributed by atoms with van der Waals surface area (Å²) in [4.78, 5) is 13.2. The molecule has 0 bridgehead atoms. The van der Waals surface area contributed by atoms with Gasteiger partial charge >= 0.3 is 11.9 Å². The Morgan fingerprint density at radius 2 is 2.07 bits per heavy atom. The number of hydrogen-bond acceptors (Lipinski definition) is 1. The van der Waals surface area contributed by atoms with Crippen LogP contribution in [0.25, 0.3) is 10.9 Å². The van der Waals surface area contributed by atoms with Crippen LogP contribution in [0.3, 0.4) is 0 Å². The first-order valence-electron chi connectivity index (χ1n) is 4.21. The summed E-state index contributed by atoms with van der Waals surface area (Å²) in [5.74, 6) is -6.00. The van der Waals surface area contributed by atoms with Gasteiger partial charge in [0.15, 0.2) is 0 Å². The van der Waals surface area contributed by atoms with Crippen molar-refractivity contribution in [3.05, 3.63) is 36.0 Å². The SMILES string of the molecule is O=C(O)C(F)(F)c1cccc2[nH]ccc12. The van der Waals surface area contributed by atoms with Gasteiger partial charge in [-0.15, -0.1) is 0 Å². The molecule has 0 aliphatic rings. The Morgan fingerprint density at radius 3 is 2.73 bits per heavy atom. The fraction of sp³-hybridized carbons (Fsp3) is 0.100. The van der Waals surface area contributed by atoms with Gasteiger partial charge in [0.25, 0.3) is 0 Å². The highest BCUT2D eigenvalue weighted by Gasteiger charge is 2.42. The fourth-order valence-corrected chi connectivity index (χ4v) is 1.47. The number of fused-ring (bicyclic) bond motifs is 1. The molecule has 1 aromatic carbocycles. The van der Waals surface area contributed by atoms with Crippen molar-refractivity contribution in [1.29, 1.82) is 0 Å². The first-order chi connectivity index (χ1) is 7.03. The third-order valence-electron chi connectivity index (χ3n) is 2.20. The average Bonchev–Trinajstić information content (AvgIpc) is 2.64. The molecule has 2 rings (SSSR count). The van der Waals surface area contributed by atoms with Crippen molar-refractivity contribution >= 4 is 16.9 Å². The predicted molar refractivity (Wildman–Crippen MR) is 49.8 cm³/mol. The molecule has 0 saturated heterocycles. The lowest BCUT2D eigenvalue weighted by Crippen LogP contribution is -2.25. The van der Waals surface area contributed by atoms with E-state index in [-0.39, 0.29) is 5.39 Å². The zero-order valence-electron chi connectivity index (χ0n) is 7.50. The number of aliphatic carboxylic acids is 1. The quantitative estimate of drug-likeness (QED) is 0.801. The summed E-state index contributed by atoms with van der Waals surface area (Å²) < 4.78 is 26.5. The summed E-state index contributed by atoms with van der Waals surface area (Å²) in [5.41, 5.74) is 0.00201. The van der Waals surface area contributed by atoms with Gasteiger partial charge in [0, 0.05) is 22.7 Å². The van der Waals surface area contributed by atoms with Crippen LogP contribution in [0.4, 0.5) is 8.78 Å². The maximum Gasteiger partial charge on any atom is 0.379 e. The Hall–Kier alpha value is -1.91. The molecule has 0 atom stereocenters. The molecule has 0 fully saturated rings. The number of nitrogens with one attached hydrogen (secondary N) is 1. The largest absolute Gasteiger partial charge is 0.477 e. The lowest BCUT2D eigenvalue weighted by atomic mass is 10.0. The third kappa shape index (κ3) is 1.36. The van der Waals surface area contributed by atoms with Crippen molar-refractivity contribution in [2.45, 2.75) is 5.92 Å². The third-order valence-corrected chi connectivity index (χ3v) is 2.20. The van der Waals surface area contributed by atoms with Gasteiger partial charge in [0.2, 0.25) is 0 Å². The number of rotatable bonds is 2. The van der Waals surface area contributed by atoms with E-state index in [1.165, 1.54) is 18.3 Å². The molecule has 0 aliphatic heterocycles. The Labute approximate surface area is 83.3 Å². The van der Waals surface area contributed by atoms with Gasteiger partial charge in [-0.25, -0.2) is 4.79 Å². The second-order valence-electron chi connectivity index (χ2n) is 3.12. The summed E-state index contributed by atoms with van der Waals surface area (Å²) in [6.45, 7) is 0. The molecule has 0 amide bonds. The molecule has 78 valence electrons. The van der Waals surface area contributed by atoms with E-state index in [9.17, 15) is 13.6 Å². The topological polar surface area (TPSA) is 53.1 Å². The first kappa shape index (κ1) is 9.64. The fourth-order valence-electron chi connectivity index (χ4n) is 1.47. The van der Waals surface area contributed by atoms with Crippen molar-refractivity contribution in [1.82, 2.24) is 4.98 Å². The lowest BCUT2D eigenvalue weighted by Gasteiger charge is -2.12. The summed E-state index contributed by atoms with van der Waals surface area (Å²) in [7, 11) is 0. The van der Waals surface area contributed by atoms with E-state index in [2.05, 4.69) is 4.98 Å². The van der Waals surface area contributed by atoms with Crippen LogP contribution in [0.1, 0.15) is 5.56 Å². The van der Waals surface area contributed by atoms with Crippen LogP contribution >= 0.6 is 0 Å². The Balaban J connectivity index is 2.71. The maximum atomic E-state index is 13.3. The molecular formula is C10H7F2NO2. The number of hydrogen-bond donors (Lipinski definition) is 2. The second kappa shape index (κ2) is 3.05. The zero-order valence-corrected chi connectivity index (χ0v) is 7.50. The summed E-state index contributed by atoms with van der Waals surface area (Å²) >= 11 is 0. The van der Waals surface area contributed by atoms with Gasteiger partial charge in [-0.2, -0.15) is 8.78 Å². The number of carboxylic acids is 1. The molecule has 2 aromatic rings. The van der Waals surface area contributed by atoms with E-state index in [0.717, 1.165) is 6.07 Å². The van der Waals surface area contributed by atoms with E-state index < -0.39 is 17.5 Å². The predicted octanol–water partition coefficient (Wildman–Crippen LogP) is 2.34. The minimum atomic E-state index is -3.86. The van der Waals surface area contributed by atoms with Crippen LogP contribution < -0.4 is 0 Å². The number of halogens is 2. The van der Waals surface area contributed by atoms with Gasteiger partial charge in [-0.3, -0.25) is 0 Å². The first-order valence-corrected chi connectivity index (χ1v) is 4.21. The second-order valence-corrected chi connectivity index (χ2v) is 3.12. The molecule has 0 spiro atoms. The zero-order chi connectivity index (χ0) is 11.1. The molecule has 3 nitrogen and oxygen atoms in total. The van der Waals surface area contributed by atoms with Gasteiger partial charge in [-0.05, 0) is 12.1 Å². The molecule has 0 radical (unpaired) electrons. The van der Waals surface area contributed by atoms with E-state index in [1.807, 2.05) is 0 Å². The van der Waals surface area contributed by atoms with Crippen LogP contribution in [0.15, 0.2) is 30.5 Å². The molecule has 2 N–H and O–H groups in total. The lowest BCUT2D eigenvalue weighted by molar-refractivity contribution is -0.166. The summed E-state index contributed by atoms with van der Waals surface area (Å²) in [5, 5.41) is 8.66. The van der Waals surface area contributed by atoms with E-state index in [4.69, 9.17) is 5.11 Å². The highest BCUT2D eigenvalue weighted by atomic mass is 19.3. The average molecular weight is 211 g/mol. The van der Waals surface area contributed by atoms with Crippen molar-refractivity contribution < 1.29 is 18.7 Å². The number of aromatic nitrogens is 1. The number of alkyl halides is 2. The van der Waals surface area contributed by atoms with E-state index in [1.54, 1.807) is 6.07 Å². The van der Waals surface area contributed by atoms with Crippen LogP contribution in [-0.2, 0) is 10.7 Å². The number of benzene rings is 1. The monoisotopic (exact) mass is 211 g/mol. The molecule has 1 heterocycles. The molecular weight excluding hydrogens is 204 g/mol. The maximum absolute atomic E-state index is 13.3.